The molecule has 1 aliphatic heterocycles. The third-order valence-corrected chi connectivity index (χ3v) is 4.07. The van der Waals surface area contributed by atoms with E-state index in [0.717, 1.165) is 19.6 Å². The molecule has 1 aromatic rings. The van der Waals surface area contributed by atoms with Crippen LogP contribution in [0, 0.1) is 0 Å². The summed E-state index contributed by atoms with van der Waals surface area (Å²) in [4.78, 5) is 28.0. The van der Waals surface area contributed by atoms with Crippen LogP contribution in [0.4, 0.5) is 0 Å². The standard InChI is InChI=1S/C17H26N4O3/c1-24-13-15(18)17(23)19-11-16(22)21-9-7-20(8-10-21)12-14-5-3-2-4-6-14/h2-6,15H,7-13,18H2,1H3,(H,19,23). The maximum absolute atomic E-state index is 12.2. The van der Waals surface area contributed by atoms with Crippen molar-refractivity contribution in [2.45, 2.75) is 12.6 Å². The number of benzene rings is 1. The van der Waals surface area contributed by atoms with Crippen molar-refractivity contribution >= 4 is 11.8 Å². The fraction of sp³-hybridized carbons (Fsp3) is 0.529. The van der Waals surface area contributed by atoms with E-state index in [9.17, 15) is 9.59 Å². The molecule has 0 radical (unpaired) electrons. The molecule has 2 amide bonds. The molecule has 0 saturated carbocycles. The molecular formula is C17H26N4O3. The Kier molecular flexibility index (Phi) is 7.17. The number of carbonyl (C=O) groups excluding carboxylic acids is 2. The number of nitrogens with one attached hydrogen (secondary N) is 1. The average Bonchev–Trinajstić information content (AvgIpc) is 2.61. The molecule has 24 heavy (non-hydrogen) atoms. The number of hydrogen-bond donors (Lipinski definition) is 2. The van der Waals surface area contributed by atoms with E-state index in [1.54, 1.807) is 4.90 Å². The van der Waals surface area contributed by atoms with E-state index in [-0.39, 0.29) is 25.0 Å². The fourth-order valence-corrected chi connectivity index (χ4v) is 2.66. The van der Waals surface area contributed by atoms with Crippen LogP contribution in [0.3, 0.4) is 0 Å². The molecule has 7 heteroatoms. The van der Waals surface area contributed by atoms with Crippen LogP contribution in [-0.4, -0.2) is 74.1 Å². The molecule has 1 heterocycles. The lowest BCUT2D eigenvalue weighted by Gasteiger charge is -2.34. The van der Waals surface area contributed by atoms with Crippen LogP contribution in [-0.2, 0) is 20.9 Å². The van der Waals surface area contributed by atoms with Gasteiger partial charge in [-0.15, -0.1) is 0 Å². The molecule has 2 rings (SSSR count). The maximum Gasteiger partial charge on any atom is 0.242 e. The Morgan fingerprint density at radius 1 is 1.21 bits per heavy atom. The Morgan fingerprint density at radius 3 is 2.50 bits per heavy atom. The minimum Gasteiger partial charge on any atom is -0.383 e. The number of carbonyl (C=O) groups is 2. The Bertz CT molecular complexity index is 530. The fourth-order valence-electron chi connectivity index (χ4n) is 2.66. The molecule has 1 aromatic carbocycles. The van der Waals surface area contributed by atoms with Gasteiger partial charge in [-0.1, -0.05) is 30.3 Å². The molecule has 0 spiro atoms. The van der Waals surface area contributed by atoms with Crippen molar-refractivity contribution in [2.75, 3.05) is 46.4 Å². The Balaban J connectivity index is 1.70. The van der Waals surface area contributed by atoms with Crippen molar-refractivity contribution in [3.8, 4) is 0 Å². The highest BCUT2D eigenvalue weighted by Gasteiger charge is 2.22. The predicted octanol–water partition coefficient (Wildman–Crippen LogP) is -0.579. The van der Waals surface area contributed by atoms with E-state index in [1.165, 1.54) is 12.7 Å². The third kappa shape index (κ3) is 5.59. The first-order chi connectivity index (χ1) is 11.6. The number of rotatable bonds is 7. The van der Waals surface area contributed by atoms with Crippen LogP contribution in [0.5, 0.6) is 0 Å². The van der Waals surface area contributed by atoms with Gasteiger partial charge in [0.25, 0.3) is 0 Å². The summed E-state index contributed by atoms with van der Waals surface area (Å²) in [5, 5.41) is 2.57. The monoisotopic (exact) mass is 334 g/mol. The highest BCUT2D eigenvalue weighted by Crippen LogP contribution is 2.08. The smallest absolute Gasteiger partial charge is 0.242 e. The summed E-state index contributed by atoms with van der Waals surface area (Å²) in [6, 6.07) is 9.54. The Morgan fingerprint density at radius 2 is 1.88 bits per heavy atom. The summed E-state index contributed by atoms with van der Waals surface area (Å²) in [6.07, 6.45) is 0. The van der Waals surface area contributed by atoms with Crippen molar-refractivity contribution in [2.24, 2.45) is 5.73 Å². The van der Waals surface area contributed by atoms with Crippen LogP contribution in [0.25, 0.3) is 0 Å². The molecule has 7 nitrogen and oxygen atoms in total. The summed E-state index contributed by atoms with van der Waals surface area (Å²) in [5.74, 6) is -0.444. The van der Waals surface area contributed by atoms with Crippen LogP contribution < -0.4 is 11.1 Å². The van der Waals surface area contributed by atoms with Gasteiger partial charge in [0.05, 0.1) is 13.2 Å². The van der Waals surface area contributed by atoms with Gasteiger partial charge in [0.15, 0.2) is 0 Å². The maximum atomic E-state index is 12.2. The van der Waals surface area contributed by atoms with Crippen molar-refractivity contribution in [3.63, 3.8) is 0 Å². The molecular weight excluding hydrogens is 308 g/mol. The van der Waals surface area contributed by atoms with Gasteiger partial charge >= 0.3 is 0 Å². The second-order valence-electron chi connectivity index (χ2n) is 5.92. The second kappa shape index (κ2) is 9.36. The van der Waals surface area contributed by atoms with E-state index in [0.29, 0.717) is 13.1 Å². The van der Waals surface area contributed by atoms with E-state index >= 15 is 0 Å². The van der Waals surface area contributed by atoms with E-state index < -0.39 is 6.04 Å². The minimum absolute atomic E-state index is 0.0189. The van der Waals surface area contributed by atoms with Gasteiger partial charge < -0.3 is 20.7 Å². The zero-order valence-corrected chi connectivity index (χ0v) is 14.1. The van der Waals surface area contributed by atoms with Gasteiger partial charge in [0.2, 0.25) is 11.8 Å². The Labute approximate surface area is 142 Å². The Hall–Kier alpha value is -1.96. The van der Waals surface area contributed by atoms with Crippen molar-refractivity contribution in [1.82, 2.24) is 15.1 Å². The highest BCUT2D eigenvalue weighted by molar-refractivity contribution is 5.87. The number of methoxy groups -OCH3 is 1. The number of piperazine rings is 1. The number of ether oxygens (including phenoxy) is 1. The molecule has 132 valence electrons. The van der Waals surface area contributed by atoms with Crippen molar-refractivity contribution in [1.29, 1.82) is 0 Å². The lowest BCUT2D eigenvalue weighted by Crippen LogP contribution is -2.52. The van der Waals surface area contributed by atoms with Crippen molar-refractivity contribution in [3.05, 3.63) is 35.9 Å². The van der Waals surface area contributed by atoms with Crippen LogP contribution in [0.1, 0.15) is 5.56 Å². The number of amides is 2. The van der Waals surface area contributed by atoms with Gasteiger partial charge in [0, 0.05) is 39.8 Å². The zero-order valence-electron chi connectivity index (χ0n) is 14.1. The average molecular weight is 334 g/mol. The largest absolute Gasteiger partial charge is 0.383 e. The molecule has 3 N–H and O–H groups in total. The predicted molar refractivity (Wildman–Crippen MR) is 91.2 cm³/mol. The first-order valence-corrected chi connectivity index (χ1v) is 8.16. The van der Waals surface area contributed by atoms with Crippen LogP contribution in [0.15, 0.2) is 30.3 Å². The summed E-state index contributed by atoms with van der Waals surface area (Å²) < 4.78 is 4.82. The third-order valence-electron chi connectivity index (χ3n) is 4.07. The lowest BCUT2D eigenvalue weighted by molar-refractivity contribution is -0.134. The first kappa shape index (κ1) is 18.4. The minimum atomic E-state index is -0.745. The van der Waals surface area contributed by atoms with Gasteiger partial charge in [-0.3, -0.25) is 14.5 Å². The molecule has 1 unspecified atom stereocenters. The summed E-state index contributed by atoms with van der Waals surface area (Å²) in [5.41, 5.74) is 6.89. The number of nitrogens with zero attached hydrogens (tertiary/aromatic N) is 2. The first-order valence-electron chi connectivity index (χ1n) is 8.16. The van der Waals surface area contributed by atoms with E-state index in [1.807, 2.05) is 18.2 Å². The van der Waals surface area contributed by atoms with Gasteiger partial charge in [-0.2, -0.15) is 0 Å². The van der Waals surface area contributed by atoms with Crippen molar-refractivity contribution < 1.29 is 14.3 Å². The van der Waals surface area contributed by atoms with Crippen LogP contribution >= 0.6 is 0 Å². The normalized spacial score (nSPS) is 16.7. The molecule has 0 aromatic heterocycles. The van der Waals surface area contributed by atoms with E-state index in [2.05, 4.69) is 22.3 Å². The van der Waals surface area contributed by atoms with Gasteiger partial charge in [-0.25, -0.2) is 0 Å². The van der Waals surface area contributed by atoms with Crippen LogP contribution in [0.2, 0.25) is 0 Å². The highest BCUT2D eigenvalue weighted by atomic mass is 16.5. The molecule has 1 fully saturated rings. The molecule has 1 saturated heterocycles. The van der Waals surface area contributed by atoms with Gasteiger partial charge in [-0.05, 0) is 5.56 Å². The summed E-state index contributed by atoms with van der Waals surface area (Å²) >= 11 is 0. The second-order valence-corrected chi connectivity index (χ2v) is 5.92. The van der Waals surface area contributed by atoms with E-state index in [4.69, 9.17) is 10.5 Å². The number of nitrogens with two attached hydrogens (primary N) is 1. The molecule has 0 aliphatic carbocycles. The summed E-state index contributed by atoms with van der Waals surface area (Å²) in [6.45, 7) is 4.02. The molecule has 1 atom stereocenters. The number of hydrogen-bond acceptors (Lipinski definition) is 5. The lowest BCUT2D eigenvalue weighted by atomic mass is 10.2. The summed E-state index contributed by atoms with van der Waals surface area (Å²) in [7, 11) is 1.48. The SMILES string of the molecule is COCC(N)C(=O)NCC(=O)N1CCN(Cc2ccccc2)CC1. The molecule has 1 aliphatic rings. The van der Waals surface area contributed by atoms with Gasteiger partial charge in [0.1, 0.15) is 6.04 Å². The molecule has 0 bridgehead atoms. The quantitative estimate of drug-likeness (QED) is 0.697. The zero-order chi connectivity index (χ0) is 17.4. The topological polar surface area (TPSA) is 87.9 Å².